The number of hydrogen-bond donors (Lipinski definition) is 4. The number of carbonyl (C=O) groups is 2. The Kier molecular flexibility index (Phi) is 10.7. The number of aliphatic hydroxyl groups excluding tert-OH is 2. The van der Waals surface area contributed by atoms with Crippen LogP contribution in [0.15, 0.2) is 120 Å². The number of phenols is 1. The van der Waals surface area contributed by atoms with Crippen LogP contribution < -0.4 is 15.0 Å². The SMILES string of the molecule is CC/C(=C\c1ccc(O)c(F)c1)CC[C@@H](O)C1=C(COc2ccccc2)C[C@H]2C(=O)N(c3ccc(Nc4ccccc4)cc3)C(=O)[C@H]2[C@H]1CO. The van der Waals surface area contributed by atoms with Crippen LogP contribution in [0.4, 0.5) is 21.5 Å². The Morgan fingerprint density at radius 3 is 2.30 bits per heavy atom. The summed E-state index contributed by atoms with van der Waals surface area (Å²) in [6.07, 6.45) is 2.40. The predicted molar refractivity (Wildman–Crippen MR) is 191 cm³/mol. The largest absolute Gasteiger partial charge is 0.505 e. The van der Waals surface area contributed by atoms with E-state index in [-0.39, 0.29) is 25.4 Å². The lowest BCUT2D eigenvalue weighted by Crippen LogP contribution is -2.40. The fourth-order valence-corrected chi connectivity index (χ4v) is 7.09. The van der Waals surface area contributed by atoms with Crippen molar-refractivity contribution in [3.8, 4) is 11.5 Å². The first-order valence-electron chi connectivity index (χ1n) is 16.9. The average Bonchev–Trinajstić information content (AvgIpc) is 3.39. The third-order valence-electron chi connectivity index (χ3n) is 9.62. The molecule has 2 amide bonds. The van der Waals surface area contributed by atoms with Gasteiger partial charge in [-0.1, -0.05) is 61.0 Å². The molecule has 0 saturated carbocycles. The molecule has 1 aliphatic heterocycles. The minimum Gasteiger partial charge on any atom is -0.505 e. The summed E-state index contributed by atoms with van der Waals surface area (Å²) in [5, 5.41) is 35.5. The van der Waals surface area contributed by atoms with Gasteiger partial charge in [-0.3, -0.25) is 14.5 Å². The summed E-state index contributed by atoms with van der Waals surface area (Å²) < 4.78 is 20.1. The minimum absolute atomic E-state index is 0.0840. The van der Waals surface area contributed by atoms with Crippen LogP contribution in [-0.2, 0) is 9.59 Å². The first-order chi connectivity index (χ1) is 24.3. The maximum atomic E-state index is 14.1. The number of nitrogens with zero attached hydrogens (tertiary/aromatic N) is 1. The number of halogens is 1. The van der Waals surface area contributed by atoms with Crippen molar-refractivity contribution in [1.82, 2.24) is 0 Å². The number of anilines is 3. The average molecular weight is 677 g/mol. The molecule has 1 heterocycles. The highest BCUT2D eigenvalue weighted by Crippen LogP contribution is 2.47. The maximum Gasteiger partial charge on any atom is 0.238 e. The highest BCUT2D eigenvalue weighted by atomic mass is 19.1. The van der Waals surface area contributed by atoms with Crippen molar-refractivity contribution in [2.75, 3.05) is 23.4 Å². The van der Waals surface area contributed by atoms with Gasteiger partial charge in [0.2, 0.25) is 11.8 Å². The molecule has 0 unspecified atom stereocenters. The van der Waals surface area contributed by atoms with E-state index in [0.29, 0.717) is 41.0 Å². The van der Waals surface area contributed by atoms with Gasteiger partial charge in [-0.25, -0.2) is 4.39 Å². The number of allylic oxidation sites excluding steroid dienone is 1. The molecule has 4 atom stereocenters. The number of nitrogens with one attached hydrogen (secondary N) is 1. The number of aromatic hydroxyl groups is 1. The quantitative estimate of drug-likeness (QED) is 0.0861. The molecule has 258 valence electrons. The number of phenolic OH excluding ortho intramolecular Hbond substituents is 1. The van der Waals surface area contributed by atoms with Crippen molar-refractivity contribution in [2.45, 2.75) is 38.7 Å². The third kappa shape index (κ3) is 7.49. The molecular formula is C41H41FN2O6. The van der Waals surface area contributed by atoms with Crippen LogP contribution in [0.1, 0.15) is 38.2 Å². The van der Waals surface area contributed by atoms with Gasteiger partial charge in [0, 0.05) is 17.3 Å². The van der Waals surface area contributed by atoms with Gasteiger partial charge < -0.3 is 25.4 Å². The zero-order valence-electron chi connectivity index (χ0n) is 27.8. The first kappa shape index (κ1) is 34.6. The molecule has 0 aromatic heterocycles. The number of fused-ring (bicyclic) bond motifs is 1. The third-order valence-corrected chi connectivity index (χ3v) is 9.62. The molecule has 1 fully saturated rings. The summed E-state index contributed by atoms with van der Waals surface area (Å²) in [4.78, 5) is 29.3. The molecule has 0 radical (unpaired) electrons. The topological polar surface area (TPSA) is 119 Å². The number of imide groups is 1. The Labute approximate surface area is 291 Å². The number of hydrogen-bond acceptors (Lipinski definition) is 7. The summed E-state index contributed by atoms with van der Waals surface area (Å²) >= 11 is 0. The second-order valence-electron chi connectivity index (χ2n) is 12.8. The minimum atomic E-state index is -1.03. The molecule has 9 heteroatoms. The van der Waals surface area contributed by atoms with Gasteiger partial charge in [0.25, 0.3) is 0 Å². The van der Waals surface area contributed by atoms with Gasteiger partial charge in [0.15, 0.2) is 11.6 Å². The Hall–Kier alpha value is -5.25. The van der Waals surface area contributed by atoms with Gasteiger partial charge in [-0.15, -0.1) is 0 Å². The number of ether oxygens (including phenoxy) is 1. The van der Waals surface area contributed by atoms with Crippen molar-refractivity contribution in [1.29, 1.82) is 0 Å². The monoisotopic (exact) mass is 676 g/mol. The Bertz CT molecular complexity index is 1880. The van der Waals surface area contributed by atoms with E-state index < -0.39 is 47.9 Å². The van der Waals surface area contributed by atoms with Gasteiger partial charge in [-0.2, -0.15) is 0 Å². The Balaban J connectivity index is 1.26. The highest BCUT2D eigenvalue weighted by Gasteiger charge is 2.55. The van der Waals surface area contributed by atoms with Crippen molar-refractivity contribution in [3.05, 3.63) is 131 Å². The fraction of sp³-hybridized carbons (Fsp3) is 0.268. The lowest BCUT2D eigenvalue weighted by molar-refractivity contribution is -0.123. The van der Waals surface area contributed by atoms with Crippen LogP contribution in [0.25, 0.3) is 6.08 Å². The molecule has 4 aromatic carbocycles. The second kappa shape index (κ2) is 15.5. The van der Waals surface area contributed by atoms with Crippen LogP contribution in [-0.4, -0.2) is 46.5 Å². The zero-order valence-corrected chi connectivity index (χ0v) is 27.8. The predicted octanol–water partition coefficient (Wildman–Crippen LogP) is 7.40. The van der Waals surface area contributed by atoms with Crippen LogP contribution in [0.2, 0.25) is 0 Å². The highest BCUT2D eigenvalue weighted by molar-refractivity contribution is 6.22. The molecule has 50 heavy (non-hydrogen) atoms. The molecule has 0 spiro atoms. The van der Waals surface area contributed by atoms with E-state index >= 15 is 0 Å². The lowest BCUT2D eigenvalue weighted by atomic mass is 9.68. The van der Waals surface area contributed by atoms with E-state index in [1.54, 1.807) is 18.2 Å². The number of aliphatic hydroxyl groups is 2. The molecule has 4 N–H and O–H groups in total. The maximum absolute atomic E-state index is 14.1. The number of amides is 2. The van der Waals surface area contributed by atoms with E-state index in [1.807, 2.05) is 85.8 Å². The molecule has 8 nitrogen and oxygen atoms in total. The molecule has 4 aromatic rings. The molecule has 2 aliphatic rings. The van der Waals surface area contributed by atoms with Crippen molar-refractivity contribution >= 4 is 35.0 Å². The Morgan fingerprint density at radius 1 is 0.960 bits per heavy atom. The number of rotatable bonds is 13. The fourth-order valence-electron chi connectivity index (χ4n) is 7.09. The smallest absolute Gasteiger partial charge is 0.238 e. The first-order valence-corrected chi connectivity index (χ1v) is 16.9. The van der Waals surface area contributed by atoms with E-state index in [4.69, 9.17) is 4.74 Å². The number of benzene rings is 4. The van der Waals surface area contributed by atoms with Crippen LogP contribution in [0.5, 0.6) is 11.5 Å². The standard InChI is InChI=1S/C41H41FN2O6/c1-2-26(21-27-14-19-36(46)35(42)22-27)13-20-37(47)38-28(25-50-32-11-7-4-8-12-32)23-33-39(34(38)24-45)41(49)44(40(33)48)31-17-15-30(16-18-31)43-29-9-5-3-6-10-29/h3-12,14-19,21-22,33-34,37,39,43,45-47H,2,13,20,23-25H2,1H3/b26-21+/t33-,34+,37-,39-/m1/s1. The normalized spacial score (nSPS) is 19.8. The molecular weight excluding hydrogens is 635 g/mol. The summed E-state index contributed by atoms with van der Waals surface area (Å²) in [5.74, 6) is -3.62. The molecule has 0 bridgehead atoms. The molecule has 1 aliphatic carbocycles. The van der Waals surface area contributed by atoms with Crippen LogP contribution in [0.3, 0.4) is 0 Å². The number of carbonyl (C=O) groups excluding carboxylic acids is 2. The lowest BCUT2D eigenvalue weighted by Gasteiger charge is -2.36. The summed E-state index contributed by atoms with van der Waals surface area (Å²) in [7, 11) is 0. The van der Waals surface area contributed by atoms with E-state index in [2.05, 4.69) is 5.32 Å². The van der Waals surface area contributed by atoms with E-state index in [0.717, 1.165) is 16.9 Å². The second-order valence-corrected chi connectivity index (χ2v) is 12.8. The van der Waals surface area contributed by atoms with Crippen molar-refractivity contribution in [3.63, 3.8) is 0 Å². The van der Waals surface area contributed by atoms with Gasteiger partial charge in [0.05, 0.1) is 30.2 Å². The Morgan fingerprint density at radius 2 is 1.64 bits per heavy atom. The summed E-state index contributed by atoms with van der Waals surface area (Å²) in [6, 6.07) is 30.1. The van der Waals surface area contributed by atoms with Crippen LogP contribution >= 0.6 is 0 Å². The summed E-state index contributed by atoms with van der Waals surface area (Å²) in [5.41, 5.74) is 4.91. The number of para-hydroxylation sites is 2. The van der Waals surface area contributed by atoms with E-state index in [9.17, 15) is 29.3 Å². The summed E-state index contributed by atoms with van der Waals surface area (Å²) in [6.45, 7) is 1.62. The van der Waals surface area contributed by atoms with Gasteiger partial charge in [0.1, 0.15) is 12.4 Å². The molecule has 6 rings (SSSR count). The van der Waals surface area contributed by atoms with Gasteiger partial charge >= 0.3 is 0 Å². The van der Waals surface area contributed by atoms with Crippen molar-refractivity contribution < 1.29 is 34.0 Å². The van der Waals surface area contributed by atoms with E-state index in [1.165, 1.54) is 17.0 Å². The van der Waals surface area contributed by atoms with Crippen molar-refractivity contribution in [2.24, 2.45) is 17.8 Å². The molecule has 1 saturated heterocycles. The van der Waals surface area contributed by atoms with Gasteiger partial charge in [-0.05, 0) is 103 Å². The zero-order chi connectivity index (χ0) is 35.2. The van der Waals surface area contributed by atoms with Crippen LogP contribution in [0, 0.1) is 23.6 Å².